The van der Waals surface area contributed by atoms with Crippen LogP contribution in [-0.2, 0) is 41.4 Å². The smallest absolute Gasteiger partial charge is 0.382 e. The third-order valence-electron chi connectivity index (χ3n) is 7.36. The number of phosphoric ester groups is 2. The second-order valence-corrected chi connectivity index (χ2v) is 14.6. The summed E-state index contributed by atoms with van der Waals surface area (Å²) in [6.07, 6.45) is -6.60. The number of anilines is 2. The molecule has 0 saturated carbocycles. The molecule has 7 rings (SSSR count). The first kappa shape index (κ1) is 31.1. The highest BCUT2D eigenvalue weighted by Crippen LogP contribution is 2.55. The van der Waals surface area contributed by atoms with Crippen molar-refractivity contribution in [3.8, 4) is 0 Å². The van der Waals surface area contributed by atoms with Crippen LogP contribution in [-0.4, -0.2) is 89.3 Å². The number of aromatic amines is 1. The molecule has 2 unspecified atom stereocenters. The van der Waals surface area contributed by atoms with Crippen LogP contribution in [0.1, 0.15) is 28.4 Å². The number of aromatic nitrogens is 6. The van der Waals surface area contributed by atoms with Crippen molar-refractivity contribution in [2.45, 2.75) is 49.1 Å². The molecular weight excluding hydrogens is 682 g/mol. The van der Waals surface area contributed by atoms with E-state index >= 15 is 0 Å². The van der Waals surface area contributed by atoms with Crippen molar-refractivity contribution in [3.63, 3.8) is 0 Å². The largest absolute Gasteiger partial charge is 0.472 e. The van der Waals surface area contributed by atoms with Crippen LogP contribution >= 0.6 is 38.7 Å². The third kappa shape index (κ3) is 5.80. The molecule has 45 heavy (non-hydrogen) atoms. The Balaban J connectivity index is 1.20. The van der Waals surface area contributed by atoms with Gasteiger partial charge in [0.1, 0.15) is 59.5 Å². The minimum Gasteiger partial charge on any atom is -0.382 e. The Morgan fingerprint density at radius 1 is 0.933 bits per heavy atom. The number of nitrogen functional groups attached to an aromatic ring is 2. The quantitative estimate of drug-likeness (QED) is 0.185. The topological polar surface area (TPSA) is 289 Å². The van der Waals surface area contributed by atoms with Gasteiger partial charge in [-0.1, -0.05) is 0 Å². The van der Waals surface area contributed by atoms with Gasteiger partial charge in [0.2, 0.25) is 5.95 Å². The summed E-state index contributed by atoms with van der Waals surface area (Å²) < 4.78 is 74.3. The Labute approximate surface area is 259 Å². The highest BCUT2D eigenvalue weighted by molar-refractivity contribution is 7.47. The van der Waals surface area contributed by atoms with Gasteiger partial charge < -0.3 is 35.5 Å². The Bertz CT molecular complexity index is 1930. The van der Waals surface area contributed by atoms with E-state index in [1.54, 1.807) is 0 Å². The average Bonchev–Trinajstić information content (AvgIpc) is 3.74. The molecule has 20 nitrogen and oxygen atoms in total. The van der Waals surface area contributed by atoms with Gasteiger partial charge >= 0.3 is 15.6 Å². The summed E-state index contributed by atoms with van der Waals surface area (Å²) in [6, 6.07) is 0. The molecule has 0 aliphatic carbocycles. The number of nitrogens with one attached hydrogen (secondary N) is 1. The van der Waals surface area contributed by atoms with Crippen LogP contribution < -0.4 is 17.0 Å². The molecule has 4 aromatic rings. The predicted octanol–water partition coefficient (Wildman–Crippen LogP) is 0.947. The monoisotopic (exact) mass is 706 g/mol. The van der Waals surface area contributed by atoms with Gasteiger partial charge in [0, 0.05) is 13.5 Å². The summed E-state index contributed by atoms with van der Waals surface area (Å²) in [4.78, 5) is 49.3. The molecule has 24 heteroatoms. The second-order valence-electron chi connectivity index (χ2n) is 10.1. The van der Waals surface area contributed by atoms with E-state index in [1.165, 1.54) is 13.4 Å². The lowest BCUT2D eigenvalue weighted by Crippen LogP contribution is -2.36. The van der Waals surface area contributed by atoms with E-state index in [0.29, 0.717) is 15.9 Å². The fourth-order valence-electron chi connectivity index (χ4n) is 5.42. The van der Waals surface area contributed by atoms with Crippen molar-refractivity contribution in [1.29, 1.82) is 0 Å². The molecule has 7 N–H and O–H groups in total. The minimum atomic E-state index is -4.92. The van der Waals surface area contributed by atoms with Crippen LogP contribution in [0.15, 0.2) is 11.1 Å². The van der Waals surface area contributed by atoms with Crippen LogP contribution in [0.2, 0.25) is 0 Å². The first-order valence-electron chi connectivity index (χ1n) is 13.1. The molecule has 242 valence electrons. The number of ether oxygens (including phenoxy) is 3. The third-order valence-corrected chi connectivity index (χ3v) is 11.2. The second kappa shape index (κ2) is 11.6. The van der Waals surface area contributed by atoms with E-state index < -0.39 is 77.1 Å². The average molecular weight is 707 g/mol. The van der Waals surface area contributed by atoms with Gasteiger partial charge in [0.25, 0.3) is 5.56 Å². The summed E-state index contributed by atoms with van der Waals surface area (Å²) in [5, 5.41) is 0. The van der Waals surface area contributed by atoms with Crippen LogP contribution in [0.4, 0.5) is 11.8 Å². The molecule has 9 atom stereocenters. The lowest BCUT2D eigenvalue weighted by atomic mass is 10.1. The van der Waals surface area contributed by atoms with Crippen LogP contribution in [0, 0.1) is 0 Å². The van der Waals surface area contributed by atoms with Gasteiger partial charge in [-0.25, -0.2) is 24.1 Å². The van der Waals surface area contributed by atoms with E-state index in [1.807, 2.05) is 0 Å². The molecule has 3 saturated heterocycles. The maximum Gasteiger partial charge on any atom is 0.472 e. The van der Waals surface area contributed by atoms with Crippen LogP contribution in [0.25, 0.3) is 22.1 Å². The molecule has 7 heterocycles. The van der Waals surface area contributed by atoms with Gasteiger partial charge in [0.15, 0.2) is 11.3 Å². The van der Waals surface area contributed by atoms with E-state index in [-0.39, 0.29) is 34.1 Å². The zero-order valence-electron chi connectivity index (χ0n) is 22.8. The molecule has 3 aliphatic rings. The molecule has 0 aromatic carbocycles. The van der Waals surface area contributed by atoms with Gasteiger partial charge in [-0.05, 0) is 23.1 Å². The van der Waals surface area contributed by atoms with Gasteiger partial charge in [-0.2, -0.15) is 8.75 Å². The number of rotatable bonds is 3. The van der Waals surface area contributed by atoms with Crippen molar-refractivity contribution in [2.24, 2.45) is 0 Å². The van der Waals surface area contributed by atoms with Crippen molar-refractivity contribution in [3.05, 3.63) is 26.4 Å². The molecule has 2 bridgehead atoms. The van der Waals surface area contributed by atoms with Gasteiger partial charge in [0.05, 0.1) is 29.1 Å². The van der Waals surface area contributed by atoms with Crippen LogP contribution in [0.3, 0.4) is 0 Å². The fraction of sp³-hybridized carbons (Fsp3) is 0.524. The number of fused-ring (bicyclic) bond motifs is 5. The van der Waals surface area contributed by atoms with E-state index in [2.05, 4.69) is 28.7 Å². The van der Waals surface area contributed by atoms with Gasteiger partial charge in [-0.3, -0.25) is 27.9 Å². The molecule has 0 spiro atoms. The Morgan fingerprint density at radius 3 is 2.42 bits per heavy atom. The minimum absolute atomic E-state index is 0.0127. The maximum atomic E-state index is 13.4. The summed E-state index contributed by atoms with van der Waals surface area (Å²) in [5.74, 6) is -0.0351. The molecule has 0 amide bonds. The molecule has 3 aliphatic heterocycles. The fourth-order valence-corrected chi connectivity index (χ4v) is 9.07. The highest BCUT2D eigenvalue weighted by atomic mass is 32.1. The Morgan fingerprint density at radius 2 is 1.64 bits per heavy atom. The van der Waals surface area contributed by atoms with Crippen molar-refractivity contribution >= 4 is 72.5 Å². The van der Waals surface area contributed by atoms with E-state index in [0.717, 1.165) is 23.1 Å². The number of nitrogens with two attached hydrogens (primary N) is 2. The number of H-pyrrole nitrogens is 1. The first-order valence-corrected chi connectivity index (χ1v) is 17.6. The zero-order valence-corrected chi connectivity index (χ0v) is 26.2. The standard InChI is InChI=1S/C21H24N8O12P2S2/c1-35-14-9-4-37-42(31,32)40-6-2-7(17-10-12(28-44-17)19(22)25-5-24-10)38-8(6)3-36-43(33,34)41-15(14)16(39-9)18-11-13(29-45-18)20(30)27-21(23)26-11/h5-9,14-16H,2-4H2,1H3,(H,31,32)(H,33,34)(H2,22,24,25)(H3,23,26,27,30)/t6-,7+,8+,9+,14+,15+,16+/m0/s1. The lowest BCUT2D eigenvalue weighted by molar-refractivity contribution is -0.0442. The number of nitrogens with zero attached hydrogens (tertiary/aromatic N) is 5. The van der Waals surface area contributed by atoms with Crippen molar-refractivity contribution in [2.75, 3.05) is 31.8 Å². The number of hydrogen-bond donors (Lipinski definition) is 5. The summed E-state index contributed by atoms with van der Waals surface area (Å²) in [6.45, 7) is -1.16. The molecular formula is C21H24N8O12P2S2. The van der Waals surface area contributed by atoms with E-state index in [9.17, 15) is 23.7 Å². The highest BCUT2D eigenvalue weighted by Gasteiger charge is 2.53. The lowest BCUT2D eigenvalue weighted by Gasteiger charge is -2.25. The zero-order chi connectivity index (χ0) is 31.7. The summed E-state index contributed by atoms with van der Waals surface area (Å²) >= 11 is 1.87. The first-order chi connectivity index (χ1) is 21.4. The normalized spacial score (nSPS) is 36.0. The number of hydrogen-bond acceptors (Lipinski definition) is 19. The van der Waals surface area contributed by atoms with Crippen molar-refractivity contribution < 1.29 is 51.2 Å². The SMILES string of the molecule is CO[C@H]1[C@H]2OP(=O)(O)OC[C@H]3O[C@@H](c4snc5c(N)ncnc45)C[C@@H]3OP(=O)(O)OC[C@H]1O[C@H]2c1snc2c(=O)[nH]c(N)nc12. The van der Waals surface area contributed by atoms with Crippen LogP contribution in [0.5, 0.6) is 0 Å². The molecule has 4 aromatic heterocycles. The summed E-state index contributed by atoms with van der Waals surface area (Å²) in [7, 11) is -8.44. The van der Waals surface area contributed by atoms with E-state index in [4.69, 9.17) is 43.8 Å². The Hall–Kier alpha value is -2.56. The maximum absolute atomic E-state index is 13.4. The number of methoxy groups -OCH3 is 1. The van der Waals surface area contributed by atoms with Crippen molar-refractivity contribution in [1.82, 2.24) is 28.7 Å². The Kier molecular flexibility index (Phi) is 8.01. The molecule has 3 fully saturated rings. The predicted molar refractivity (Wildman–Crippen MR) is 154 cm³/mol. The number of phosphoric acid groups is 2. The molecule has 0 radical (unpaired) electrons. The summed E-state index contributed by atoms with van der Waals surface area (Å²) in [5.41, 5.74) is 11.8. The van der Waals surface area contributed by atoms with Gasteiger partial charge in [-0.15, -0.1) is 0 Å².